The first-order valence-corrected chi connectivity index (χ1v) is 18.5. The lowest BCUT2D eigenvalue weighted by atomic mass is 10.0. The number of nitrogen functional groups attached to an aromatic ring is 1. The predicted octanol–water partition coefficient (Wildman–Crippen LogP) is 11.0. The number of carbonyl (C=O) groups is 1. The van der Waals surface area contributed by atoms with Gasteiger partial charge in [-0.25, -0.2) is 26.3 Å². The first kappa shape index (κ1) is 47.6. The standard InChI is InChI=1S/C20H11F5O4S.C14H14FN.C7H9N.C2H6.H2S/c21-13-8-6-11(7-9-13)10-29-30(27,28)20-17(24)15(22)14(16(23)18(20)25)19(26)12-4-2-1-3-5-12;1-11-2-8-14(9-3-11)16-10-12-4-6-13(15)7-5-12;1-6-2-4-7(8)5-3-6;1-2;/h1-9H,10H2;2-9,16H,10H2,1H3;2-5H,8H2,1H3;1-2H3;1H2. The van der Waals surface area contributed by atoms with Crippen LogP contribution in [-0.4, -0.2) is 14.2 Å². The van der Waals surface area contributed by atoms with Crippen LogP contribution in [0.25, 0.3) is 0 Å². The van der Waals surface area contributed by atoms with Gasteiger partial charge in [0.25, 0.3) is 0 Å². The summed E-state index contributed by atoms with van der Waals surface area (Å²) in [6.07, 6.45) is 0. The van der Waals surface area contributed by atoms with E-state index >= 15 is 0 Å². The predicted molar refractivity (Wildman–Crippen MR) is 217 cm³/mol. The molecule has 0 aliphatic rings. The van der Waals surface area contributed by atoms with Crippen LogP contribution >= 0.6 is 13.5 Å². The second-order valence-corrected chi connectivity index (χ2v) is 13.3. The van der Waals surface area contributed by atoms with Crippen LogP contribution in [0.3, 0.4) is 0 Å². The molecule has 57 heavy (non-hydrogen) atoms. The van der Waals surface area contributed by atoms with E-state index in [0.717, 1.165) is 53.3 Å². The molecule has 0 spiro atoms. The van der Waals surface area contributed by atoms with E-state index in [0.29, 0.717) is 6.54 Å². The number of anilines is 2. The number of aryl methyl sites for hydroxylation is 2. The maximum absolute atomic E-state index is 14.4. The number of hydrogen-bond acceptors (Lipinski definition) is 6. The summed E-state index contributed by atoms with van der Waals surface area (Å²) in [5, 5.41) is 3.29. The summed E-state index contributed by atoms with van der Waals surface area (Å²) >= 11 is 0. The molecule has 6 rings (SSSR count). The molecule has 14 heteroatoms. The highest BCUT2D eigenvalue weighted by atomic mass is 32.2. The number of carbonyl (C=O) groups excluding carboxylic acids is 1. The Morgan fingerprint density at radius 3 is 1.51 bits per heavy atom. The van der Waals surface area contributed by atoms with Gasteiger partial charge in [-0.3, -0.25) is 8.98 Å². The maximum Gasteiger partial charge on any atom is 0.303 e. The molecule has 0 atom stereocenters. The van der Waals surface area contributed by atoms with E-state index in [1.54, 1.807) is 12.1 Å². The van der Waals surface area contributed by atoms with E-state index in [9.17, 15) is 39.6 Å². The fraction of sp³-hybridized carbons (Fsp3) is 0.140. The Bertz CT molecular complexity index is 2180. The van der Waals surface area contributed by atoms with Crippen molar-refractivity contribution in [2.24, 2.45) is 0 Å². The zero-order chi connectivity index (χ0) is 41.4. The molecule has 0 radical (unpaired) electrons. The fourth-order valence-electron chi connectivity index (χ4n) is 4.59. The van der Waals surface area contributed by atoms with Crippen LogP contribution in [-0.2, 0) is 27.5 Å². The number of nitrogens with two attached hydrogens (primary N) is 1. The summed E-state index contributed by atoms with van der Waals surface area (Å²) in [7, 11) is -5.32. The molecule has 0 aliphatic heterocycles. The molecule has 6 aromatic rings. The van der Waals surface area contributed by atoms with E-state index in [4.69, 9.17) is 5.73 Å². The zero-order valence-electron chi connectivity index (χ0n) is 31.4. The number of hydrogen-bond donors (Lipinski definition) is 2. The monoisotopic (exact) mass is 828 g/mol. The number of ketones is 1. The minimum absolute atomic E-state index is 0. The van der Waals surface area contributed by atoms with Crippen molar-refractivity contribution in [2.75, 3.05) is 11.1 Å². The average Bonchev–Trinajstić information content (AvgIpc) is 3.20. The molecule has 0 saturated carbocycles. The third-order valence-corrected chi connectivity index (χ3v) is 8.86. The zero-order valence-corrected chi connectivity index (χ0v) is 33.2. The number of halogens is 6. The van der Waals surface area contributed by atoms with Gasteiger partial charge in [0.2, 0.25) is 0 Å². The molecule has 6 nitrogen and oxygen atoms in total. The van der Waals surface area contributed by atoms with Gasteiger partial charge < -0.3 is 11.1 Å². The van der Waals surface area contributed by atoms with Gasteiger partial charge in [0.15, 0.2) is 33.9 Å². The minimum atomic E-state index is -5.32. The molecule has 0 saturated heterocycles. The Kier molecular flexibility index (Phi) is 19.1. The lowest BCUT2D eigenvalue weighted by molar-refractivity contribution is 0.102. The Morgan fingerprint density at radius 2 is 1.05 bits per heavy atom. The summed E-state index contributed by atoms with van der Waals surface area (Å²) in [5.41, 5.74) is 9.17. The molecule has 0 unspecified atom stereocenters. The lowest BCUT2D eigenvalue weighted by Gasteiger charge is -2.12. The number of nitrogens with one attached hydrogen (secondary N) is 1. The molecular weight excluding hydrogens is 787 g/mol. The fourth-order valence-corrected chi connectivity index (χ4v) is 5.62. The van der Waals surface area contributed by atoms with Gasteiger partial charge in [0, 0.05) is 23.5 Å². The van der Waals surface area contributed by atoms with E-state index in [2.05, 4.69) is 28.6 Å². The molecule has 0 bridgehead atoms. The van der Waals surface area contributed by atoms with Crippen LogP contribution in [0.4, 0.5) is 37.7 Å². The number of benzene rings is 6. The second kappa shape index (κ2) is 22.9. The van der Waals surface area contributed by atoms with Crippen LogP contribution in [0.5, 0.6) is 0 Å². The van der Waals surface area contributed by atoms with E-state index in [1.807, 2.05) is 57.2 Å². The van der Waals surface area contributed by atoms with Gasteiger partial charge in [-0.05, 0) is 73.5 Å². The van der Waals surface area contributed by atoms with E-state index < -0.39 is 62.1 Å². The van der Waals surface area contributed by atoms with Crippen molar-refractivity contribution in [3.05, 3.63) is 196 Å². The molecule has 3 N–H and O–H groups in total. The van der Waals surface area contributed by atoms with Gasteiger partial charge in [-0.2, -0.15) is 21.9 Å². The number of rotatable bonds is 9. The van der Waals surface area contributed by atoms with Gasteiger partial charge >= 0.3 is 10.1 Å². The smallest absolute Gasteiger partial charge is 0.303 e. The average molecular weight is 829 g/mol. The van der Waals surface area contributed by atoms with Crippen LogP contribution in [0, 0.1) is 48.8 Å². The first-order valence-electron chi connectivity index (χ1n) is 17.1. The topological polar surface area (TPSA) is 98.5 Å². The molecule has 0 aromatic heterocycles. The third-order valence-electron chi connectivity index (χ3n) is 7.57. The van der Waals surface area contributed by atoms with Crippen molar-refractivity contribution >= 4 is 40.8 Å². The summed E-state index contributed by atoms with van der Waals surface area (Å²) in [4.78, 5) is 10.3. The van der Waals surface area contributed by atoms with Crippen LogP contribution in [0.1, 0.15) is 52.0 Å². The van der Waals surface area contributed by atoms with Crippen molar-refractivity contribution in [3.63, 3.8) is 0 Å². The third kappa shape index (κ3) is 14.1. The molecule has 0 aliphatic carbocycles. The molecule has 6 aromatic carbocycles. The van der Waals surface area contributed by atoms with Crippen molar-refractivity contribution < 1.29 is 43.7 Å². The van der Waals surface area contributed by atoms with E-state index in [-0.39, 0.29) is 30.4 Å². The summed E-state index contributed by atoms with van der Waals surface area (Å²) < 4.78 is 112. The van der Waals surface area contributed by atoms with Crippen molar-refractivity contribution in [1.29, 1.82) is 0 Å². The normalized spacial score (nSPS) is 10.3. The van der Waals surface area contributed by atoms with Crippen LogP contribution in [0.15, 0.2) is 132 Å². The van der Waals surface area contributed by atoms with Crippen LogP contribution in [0.2, 0.25) is 0 Å². The SMILES string of the molecule is CC.Cc1ccc(N)cc1.Cc1ccc(NCc2ccc(F)cc2)cc1.O=C(c1ccccc1)c1c(F)c(F)c(S(=O)(=O)OCc2ccc(F)cc2)c(F)c1F.S. The molecule has 0 amide bonds. The molecular formula is C43H42F6N2O4S2. The van der Waals surface area contributed by atoms with Crippen LogP contribution < -0.4 is 11.1 Å². The molecule has 0 heterocycles. The Balaban J connectivity index is 0.000000344. The summed E-state index contributed by atoms with van der Waals surface area (Å²) in [5.74, 6) is -11.1. The Labute approximate surface area is 335 Å². The van der Waals surface area contributed by atoms with Gasteiger partial charge in [0.05, 0.1) is 6.61 Å². The van der Waals surface area contributed by atoms with E-state index in [1.165, 1.54) is 41.5 Å². The van der Waals surface area contributed by atoms with Gasteiger partial charge in [-0.1, -0.05) is 104 Å². The minimum Gasteiger partial charge on any atom is -0.399 e. The van der Waals surface area contributed by atoms with Gasteiger partial charge in [0.1, 0.15) is 17.2 Å². The maximum atomic E-state index is 14.4. The largest absolute Gasteiger partial charge is 0.399 e. The summed E-state index contributed by atoms with van der Waals surface area (Å²) in [6.45, 7) is 8.03. The summed E-state index contributed by atoms with van der Waals surface area (Å²) in [6, 6.07) is 33.3. The van der Waals surface area contributed by atoms with Crippen molar-refractivity contribution in [3.8, 4) is 0 Å². The highest BCUT2D eigenvalue weighted by Gasteiger charge is 2.36. The van der Waals surface area contributed by atoms with Gasteiger partial charge in [-0.15, -0.1) is 0 Å². The Hall–Kier alpha value is -5.57. The van der Waals surface area contributed by atoms with Crippen molar-refractivity contribution in [1.82, 2.24) is 0 Å². The molecule has 0 fully saturated rings. The van der Waals surface area contributed by atoms with Crippen molar-refractivity contribution in [2.45, 2.75) is 45.7 Å². The second-order valence-electron chi connectivity index (χ2n) is 11.8. The lowest BCUT2D eigenvalue weighted by Crippen LogP contribution is -2.18. The highest BCUT2D eigenvalue weighted by molar-refractivity contribution is 7.86. The Morgan fingerprint density at radius 1 is 0.614 bits per heavy atom. The molecule has 302 valence electrons. The first-order chi connectivity index (χ1) is 26.7. The quantitative estimate of drug-likeness (QED) is 0.0495. The highest BCUT2D eigenvalue weighted by Crippen LogP contribution is 2.30.